The molecule has 1 aromatic carbocycles. The van der Waals surface area contributed by atoms with Crippen molar-refractivity contribution in [1.82, 2.24) is 19.9 Å². The van der Waals surface area contributed by atoms with Gasteiger partial charge < -0.3 is 14.5 Å². The van der Waals surface area contributed by atoms with Gasteiger partial charge in [0, 0.05) is 18.7 Å². The maximum atomic E-state index is 5.85. The van der Waals surface area contributed by atoms with E-state index in [0.717, 1.165) is 41.9 Å². The number of benzene rings is 1. The first-order chi connectivity index (χ1) is 11.2. The Bertz CT molecular complexity index is 858. The molecule has 1 N–H and O–H groups in total. The molecule has 0 amide bonds. The van der Waals surface area contributed by atoms with E-state index in [2.05, 4.69) is 19.9 Å². The molecule has 23 heavy (non-hydrogen) atoms. The molecule has 3 aromatic rings. The molecule has 7 heteroatoms. The summed E-state index contributed by atoms with van der Waals surface area (Å²) in [5, 5.41) is 0.343. The van der Waals surface area contributed by atoms with Crippen LogP contribution in [0.1, 0.15) is 30.3 Å². The number of nitrogens with one attached hydrogen (secondary N) is 1. The van der Waals surface area contributed by atoms with Crippen LogP contribution in [0.5, 0.6) is 11.6 Å². The molecule has 1 fully saturated rings. The van der Waals surface area contributed by atoms with Crippen LogP contribution in [-0.2, 0) is 4.74 Å². The lowest BCUT2D eigenvalue weighted by Gasteiger charge is -2.05. The van der Waals surface area contributed by atoms with Gasteiger partial charge in [-0.1, -0.05) is 11.6 Å². The number of hydrogen-bond acceptors (Lipinski definition) is 5. The summed E-state index contributed by atoms with van der Waals surface area (Å²) in [6, 6.07) is 5.41. The number of rotatable bonds is 3. The number of aromatic nitrogens is 4. The molecule has 1 atom stereocenters. The van der Waals surface area contributed by atoms with E-state index in [1.54, 1.807) is 6.07 Å². The standard InChI is InChI=1S/C16H15ClN4O2/c1-9-5-10(23-14-7-13(17)18-8-19-14)6-11-15(9)21-16(20-11)12-3-2-4-22-12/h5-8,12H,2-4H2,1H3,(H,20,21)/t12-/m1/s1. The van der Waals surface area contributed by atoms with Crippen molar-refractivity contribution in [3.05, 3.63) is 41.1 Å². The molecule has 6 nitrogen and oxygen atoms in total. The number of aryl methyl sites for hydroxylation is 1. The number of aromatic amines is 1. The van der Waals surface area contributed by atoms with Crippen LogP contribution >= 0.6 is 11.6 Å². The Morgan fingerprint density at radius 2 is 2.22 bits per heavy atom. The summed E-state index contributed by atoms with van der Waals surface area (Å²) in [4.78, 5) is 15.9. The highest BCUT2D eigenvalue weighted by Gasteiger charge is 2.21. The van der Waals surface area contributed by atoms with Gasteiger partial charge in [0.1, 0.15) is 29.2 Å². The number of nitrogens with zero attached hydrogens (tertiary/aromatic N) is 3. The summed E-state index contributed by atoms with van der Waals surface area (Å²) in [6.07, 6.45) is 3.51. The molecular formula is C16H15ClN4O2. The lowest BCUT2D eigenvalue weighted by Crippen LogP contribution is -1.97. The maximum Gasteiger partial charge on any atom is 0.223 e. The van der Waals surface area contributed by atoms with E-state index in [0.29, 0.717) is 16.8 Å². The average molecular weight is 331 g/mol. The Balaban J connectivity index is 1.68. The monoisotopic (exact) mass is 330 g/mol. The van der Waals surface area contributed by atoms with Crippen LogP contribution in [0, 0.1) is 6.92 Å². The summed E-state index contributed by atoms with van der Waals surface area (Å²) in [7, 11) is 0. The molecule has 1 aliphatic heterocycles. The van der Waals surface area contributed by atoms with Gasteiger partial charge in [0.25, 0.3) is 0 Å². The third kappa shape index (κ3) is 2.87. The van der Waals surface area contributed by atoms with Crippen molar-refractivity contribution in [2.24, 2.45) is 0 Å². The van der Waals surface area contributed by atoms with Crippen LogP contribution in [-0.4, -0.2) is 26.5 Å². The highest BCUT2D eigenvalue weighted by Crippen LogP contribution is 2.31. The minimum atomic E-state index is 0.0619. The number of hydrogen-bond donors (Lipinski definition) is 1. The predicted octanol–water partition coefficient (Wildman–Crippen LogP) is 3.96. The first-order valence-corrected chi connectivity index (χ1v) is 7.84. The minimum absolute atomic E-state index is 0.0619. The molecular weight excluding hydrogens is 316 g/mol. The largest absolute Gasteiger partial charge is 0.439 e. The van der Waals surface area contributed by atoms with E-state index in [1.165, 1.54) is 6.33 Å². The minimum Gasteiger partial charge on any atom is -0.439 e. The van der Waals surface area contributed by atoms with Gasteiger partial charge in [-0.25, -0.2) is 15.0 Å². The topological polar surface area (TPSA) is 72.9 Å². The van der Waals surface area contributed by atoms with E-state index in [1.807, 2.05) is 19.1 Å². The Kier molecular flexibility index (Phi) is 3.63. The quantitative estimate of drug-likeness (QED) is 0.736. The summed E-state index contributed by atoms with van der Waals surface area (Å²) in [5.74, 6) is 1.96. The van der Waals surface area contributed by atoms with Gasteiger partial charge in [0.2, 0.25) is 5.88 Å². The fraction of sp³-hybridized carbons (Fsp3) is 0.312. The van der Waals surface area contributed by atoms with Crippen LogP contribution in [0.15, 0.2) is 24.5 Å². The van der Waals surface area contributed by atoms with Gasteiger partial charge in [-0.2, -0.15) is 0 Å². The van der Waals surface area contributed by atoms with Gasteiger partial charge >= 0.3 is 0 Å². The second-order valence-corrected chi connectivity index (χ2v) is 5.93. The van der Waals surface area contributed by atoms with Crippen molar-refractivity contribution in [3.63, 3.8) is 0 Å². The molecule has 0 unspecified atom stereocenters. The van der Waals surface area contributed by atoms with Crippen molar-refractivity contribution in [1.29, 1.82) is 0 Å². The Hall–Kier alpha value is -2.18. The highest BCUT2D eigenvalue weighted by atomic mass is 35.5. The Morgan fingerprint density at radius 3 is 3.00 bits per heavy atom. The SMILES string of the molecule is Cc1cc(Oc2cc(Cl)ncn2)cc2[nH]c([C@H]3CCCO3)nc12. The first kappa shape index (κ1) is 14.4. The van der Waals surface area contributed by atoms with Crippen molar-refractivity contribution in [2.45, 2.75) is 25.9 Å². The second-order valence-electron chi connectivity index (χ2n) is 5.54. The van der Waals surface area contributed by atoms with Gasteiger partial charge in [-0.15, -0.1) is 0 Å². The Morgan fingerprint density at radius 1 is 1.30 bits per heavy atom. The molecule has 0 bridgehead atoms. The van der Waals surface area contributed by atoms with E-state index in [-0.39, 0.29) is 6.10 Å². The van der Waals surface area contributed by atoms with Crippen molar-refractivity contribution in [3.8, 4) is 11.6 Å². The predicted molar refractivity (Wildman–Crippen MR) is 85.9 cm³/mol. The molecule has 0 aliphatic carbocycles. The smallest absolute Gasteiger partial charge is 0.223 e. The lowest BCUT2D eigenvalue weighted by molar-refractivity contribution is 0.106. The van der Waals surface area contributed by atoms with E-state index in [9.17, 15) is 0 Å². The lowest BCUT2D eigenvalue weighted by atomic mass is 10.2. The zero-order chi connectivity index (χ0) is 15.8. The molecule has 4 rings (SSSR count). The average Bonchev–Trinajstić information content (AvgIpc) is 3.16. The molecule has 0 spiro atoms. The Labute approximate surface area is 137 Å². The van der Waals surface area contributed by atoms with Gasteiger partial charge in [0.15, 0.2) is 0 Å². The van der Waals surface area contributed by atoms with E-state index in [4.69, 9.17) is 21.1 Å². The van der Waals surface area contributed by atoms with E-state index >= 15 is 0 Å². The molecule has 0 radical (unpaired) electrons. The summed E-state index contributed by atoms with van der Waals surface area (Å²) in [6.45, 7) is 2.80. The zero-order valence-corrected chi connectivity index (χ0v) is 13.3. The van der Waals surface area contributed by atoms with E-state index < -0.39 is 0 Å². The van der Waals surface area contributed by atoms with Crippen LogP contribution in [0.3, 0.4) is 0 Å². The summed E-state index contributed by atoms with van der Waals surface area (Å²) < 4.78 is 11.5. The zero-order valence-electron chi connectivity index (χ0n) is 12.5. The third-order valence-electron chi connectivity index (χ3n) is 3.83. The normalized spacial score (nSPS) is 17.7. The van der Waals surface area contributed by atoms with Crippen molar-refractivity contribution in [2.75, 3.05) is 6.61 Å². The van der Waals surface area contributed by atoms with Crippen molar-refractivity contribution < 1.29 is 9.47 Å². The van der Waals surface area contributed by atoms with Gasteiger partial charge in [0.05, 0.1) is 11.0 Å². The summed E-state index contributed by atoms with van der Waals surface area (Å²) in [5.41, 5.74) is 2.88. The number of fused-ring (bicyclic) bond motifs is 1. The van der Waals surface area contributed by atoms with Gasteiger partial charge in [-0.05, 0) is 31.4 Å². The first-order valence-electron chi connectivity index (χ1n) is 7.46. The number of imidazole rings is 1. The second kappa shape index (κ2) is 5.79. The highest BCUT2D eigenvalue weighted by molar-refractivity contribution is 6.29. The maximum absolute atomic E-state index is 5.85. The third-order valence-corrected chi connectivity index (χ3v) is 4.04. The van der Waals surface area contributed by atoms with Gasteiger partial charge in [-0.3, -0.25) is 0 Å². The molecule has 118 valence electrons. The number of H-pyrrole nitrogens is 1. The van der Waals surface area contributed by atoms with Crippen LogP contribution in [0.2, 0.25) is 5.15 Å². The van der Waals surface area contributed by atoms with Crippen LogP contribution in [0.4, 0.5) is 0 Å². The fourth-order valence-electron chi connectivity index (χ4n) is 2.78. The fourth-order valence-corrected chi connectivity index (χ4v) is 2.91. The molecule has 1 saturated heterocycles. The summed E-state index contributed by atoms with van der Waals surface area (Å²) >= 11 is 5.85. The molecule has 0 saturated carbocycles. The molecule has 2 aromatic heterocycles. The molecule has 1 aliphatic rings. The van der Waals surface area contributed by atoms with Crippen LogP contribution < -0.4 is 4.74 Å². The number of ether oxygens (including phenoxy) is 2. The molecule has 3 heterocycles. The van der Waals surface area contributed by atoms with Crippen LogP contribution in [0.25, 0.3) is 11.0 Å². The number of halogens is 1. The van der Waals surface area contributed by atoms with Crippen molar-refractivity contribution >= 4 is 22.6 Å².